The Hall–Kier alpha value is -2.08. The van der Waals surface area contributed by atoms with E-state index in [4.69, 9.17) is 0 Å². The number of rotatable bonds is 7. The lowest BCUT2D eigenvalue weighted by atomic mass is 9.77. The van der Waals surface area contributed by atoms with Crippen molar-refractivity contribution in [2.75, 3.05) is 0 Å². The molecule has 0 nitrogen and oxygen atoms in total. The fraction of sp³-hybridized carbons (Fsp3) is 0.429. The third-order valence-corrected chi connectivity index (χ3v) is 6.01. The molecule has 0 N–H and O–H groups in total. The SMILES string of the molecule is C=C1C(c2ccccc2)=CCc2c1ccc(C)c2CC(CC(C)C)CC(C)C. The van der Waals surface area contributed by atoms with Crippen LogP contribution in [0.15, 0.2) is 55.1 Å². The molecule has 148 valence electrons. The van der Waals surface area contributed by atoms with E-state index in [0.29, 0.717) is 0 Å². The van der Waals surface area contributed by atoms with Gasteiger partial charge in [-0.25, -0.2) is 0 Å². The minimum Gasteiger partial charge on any atom is -0.0905 e. The summed E-state index contributed by atoms with van der Waals surface area (Å²) in [5, 5.41) is 0. The molecule has 0 aromatic heterocycles. The number of benzene rings is 2. The van der Waals surface area contributed by atoms with E-state index in [1.54, 1.807) is 5.56 Å². The quantitative estimate of drug-likeness (QED) is 0.463. The zero-order valence-corrected chi connectivity index (χ0v) is 18.4. The minimum absolute atomic E-state index is 0.753. The van der Waals surface area contributed by atoms with Crippen LogP contribution in [0.3, 0.4) is 0 Å². The number of hydrogen-bond donors (Lipinski definition) is 0. The molecule has 0 spiro atoms. The van der Waals surface area contributed by atoms with Crippen LogP contribution in [0.1, 0.15) is 68.4 Å². The first kappa shape index (κ1) is 20.6. The van der Waals surface area contributed by atoms with Crippen LogP contribution in [0.25, 0.3) is 11.1 Å². The van der Waals surface area contributed by atoms with Gasteiger partial charge in [-0.2, -0.15) is 0 Å². The molecule has 1 aliphatic carbocycles. The molecule has 0 radical (unpaired) electrons. The fourth-order valence-corrected chi connectivity index (χ4v) is 4.88. The lowest BCUT2D eigenvalue weighted by Crippen LogP contribution is -2.15. The predicted octanol–water partition coefficient (Wildman–Crippen LogP) is 7.90. The molecule has 28 heavy (non-hydrogen) atoms. The molecule has 0 saturated heterocycles. The normalized spacial score (nSPS) is 14.0. The van der Waals surface area contributed by atoms with E-state index < -0.39 is 0 Å². The van der Waals surface area contributed by atoms with Gasteiger partial charge in [-0.1, -0.05) is 82.8 Å². The molecule has 0 amide bonds. The second-order valence-electron chi connectivity index (χ2n) is 9.38. The topological polar surface area (TPSA) is 0 Å². The first-order valence-corrected chi connectivity index (χ1v) is 10.9. The fourth-order valence-electron chi connectivity index (χ4n) is 4.88. The zero-order valence-electron chi connectivity index (χ0n) is 18.4. The highest BCUT2D eigenvalue weighted by Gasteiger charge is 2.22. The first-order valence-electron chi connectivity index (χ1n) is 10.9. The Morgan fingerprint density at radius 2 is 1.54 bits per heavy atom. The number of hydrogen-bond acceptors (Lipinski definition) is 0. The molecule has 0 saturated carbocycles. The summed E-state index contributed by atoms with van der Waals surface area (Å²) in [5.74, 6) is 2.27. The van der Waals surface area contributed by atoms with Crippen molar-refractivity contribution in [3.63, 3.8) is 0 Å². The van der Waals surface area contributed by atoms with Gasteiger partial charge in [-0.3, -0.25) is 0 Å². The number of aryl methyl sites for hydroxylation is 1. The minimum atomic E-state index is 0.753. The molecule has 2 aromatic rings. The standard InChI is InChI=1S/C28H36/c1-19(2)16-23(17-20(3)4)18-28-21(5)12-13-26-22(6)25(14-15-27(26)28)24-10-8-7-9-11-24/h7-14,19-20,23H,6,15-18H2,1-5H3. The second kappa shape index (κ2) is 8.95. The van der Waals surface area contributed by atoms with Crippen LogP contribution in [-0.2, 0) is 12.8 Å². The number of fused-ring (bicyclic) bond motifs is 1. The van der Waals surface area contributed by atoms with E-state index in [1.165, 1.54) is 52.7 Å². The third kappa shape index (κ3) is 4.66. The number of allylic oxidation sites excluding steroid dienone is 3. The summed E-state index contributed by atoms with van der Waals surface area (Å²) in [5.41, 5.74) is 9.64. The molecule has 3 rings (SSSR count). The monoisotopic (exact) mass is 372 g/mol. The largest absolute Gasteiger partial charge is 0.0905 e. The Morgan fingerprint density at radius 1 is 0.893 bits per heavy atom. The molecule has 0 heteroatoms. The third-order valence-electron chi connectivity index (χ3n) is 6.01. The van der Waals surface area contributed by atoms with Crippen molar-refractivity contribution in [3.8, 4) is 0 Å². The summed E-state index contributed by atoms with van der Waals surface area (Å²) in [7, 11) is 0. The Bertz CT molecular complexity index is 839. The Labute approximate surface area is 172 Å². The first-order chi connectivity index (χ1) is 13.4. The van der Waals surface area contributed by atoms with E-state index in [0.717, 1.165) is 24.2 Å². The molecular formula is C28H36. The maximum Gasteiger partial charge on any atom is -0.00790 e. The summed E-state index contributed by atoms with van der Waals surface area (Å²) in [6.07, 6.45) is 7.24. The van der Waals surface area contributed by atoms with E-state index >= 15 is 0 Å². The molecule has 0 fully saturated rings. The van der Waals surface area contributed by atoms with E-state index in [9.17, 15) is 0 Å². The maximum absolute atomic E-state index is 4.49. The molecule has 0 atom stereocenters. The van der Waals surface area contributed by atoms with Crippen molar-refractivity contribution in [2.24, 2.45) is 17.8 Å². The van der Waals surface area contributed by atoms with Crippen LogP contribution in [0, 0.1) is 24.7 Å². The summed E-state index contributed by atoms with van der Waals surface area (Å²) >= 11 is 0. The molecule has 0 aliphatic heterocycles. The van der Waals surface area contributed by atoms with Crippen molar-refractivity contribution in [1.29, 1.82) is 0 Å². The van der Waals surface area contributed by atoms with Gasteiger partial charge in [0.1, 0.15) is 0 Å². The highest BCUT2D eigenvalue weighted by molar-refractivity contribution is 6.06. The van der Waals surface area contributed by atoms with Crippen molar-refractivity contribution in [2.45, 2.75) is 60.3 Å². The van der Waals surface area contributed by atoms with Gasteiger partial charge < -0.3 is 0 Å². The smallest absolute Gasteiger partial charge is 0.00790 e. The lowest BCUT2D eigenvalue weighted by Gasteiger charge is -2.27. The highest BCUT2D eigenvalue weighted by Crippen LogP contribution is 2.39. The molecule has 1 aliphatic rings. The molecule has 0 heterocycles. The Balaban J connectivity index is 1.94. The molecular weight excluding hydrogens is 336 g/mol. The average Bonchev–Trinajstić information content (AvgIpc) is 2.64. The van der Waals surface area contributed by atoms with Crippen LogP contribution in [0.2, 0.25) is 0 Å². The van der Waals surface area contributed by atoms with Gasteiger partial charge >= 0.3 is 0 Å². The van der Waals surface area contributed by atoms with Crippen molar-refractivity contribution >= 4 is 11.1 Å². The molecule has 0 bridgehead atoms. The second-order valence-corrected chi connectivity index (χ2v) is 9.38. The van der Waals surface area contributed by atoms with Gasteiger partial charge in [0.25, 0.3) is 0 Å². The predicted molar refractivity (Wildman–Crippen MR) is 124 cm³/mol. The summed E-state index contributed by atoms with van der Waals surface area (Å²) in [6, 6.07) is 15.3. The van der Waals surface area contributed by atoms with Gasteiger partial charge in [0.05, 0.1) is 0 Å². The van der Waals surface area contributed by atoms with Crippen LogP contribution in [0.5, 0.6) is 0 Å². The van der Waals surface area contributed by atoms with Crippen molar-refractivity contribution in [1.82, 2.24) is 0 Å². The summed E-state index contributed by atoms with van der Waals surface area (Å²) in [4.78, 5) is 0. The molecule has 0 unspecified atom stereocenters. The van der Waals surface area contributed by atoms with Crippen molar-refractivity contribution in [3.05, 3.63) is 82.9 Å². The summed E-state index contributed by atoms with van der Waals surface area (Å²) < 4.78 is 0. The lowest BCUT2D eigenvalue weighted by molar-refractivity contribution is 0.340. The van der Waals surface area contributed by atoms with E-state index in [-0.39, 0.29) is 0 Å². The zero-order chi connectivity index (χ0) is 20.3. The molecule has 2 aromatic carbocycles. The van der Waals surface area contributed by atoms with E-state index in [2.05, 4.69) is 89.7 Å². The Kier molecular flexibility index (Phi) is 6.60. The van der Waals surface area contributed by atoms with E-state index in [1.807, 2.05) is 0 Å². The highest BCUT2D eigenvalue weighted by atomic mass is 14.3. The maximum atomic E-state index is 4.49. The van der Waals surface area contributed by atoms with Crippen molar-refractivity contribution < 1.29 is 0 Å². The van der Waals surface area contributed by atoms with Gasteiger partial charge in [-0.05, 0) is 89.3 Å². The summed E-state index contributed by atoms with van der Waals surface area (Å²) in [6.45, 7) is 16.2. The average molecular weight is 373 g/mol. The Morgan fingerprint density at radius 3 is 2.14 bits per heavy atom. The van der Waals surface area contributed by atoms with Gasteiger partial charge in [0.15, 0.2) is 0 Å². The van der Waals surface area contributed by atoms with Crippen LogP contribution < -0.4 is 0 Å². The van der Waals surface area contributed by atoms with Crippen LogP contribution >= 0.6 is 0 Å². The van der Waals surface area contributed by atoms with Gasteiger partial charge in [0.2, 0.25) is 0 Å². The van der Waals surface area contributed by atoms with Gasteiger partial charge in [0, 0.05) is 0 Å². The van der Waals surface area contributed by atoms with Crippen LogP contribution in [-0.4, -0.2) is 0 Å². The van der Waals surface area contributed by atoms with Gasteiger partial charge in [-0.15, -0.1) is 0 Å². The van der Waals surface area contributed by atoms with Crippen LogP contribution in [0.4, 0.5) is 0 Å².